The van der Waals surface area contributed by atoms with Crippen molar-refractivity contribution in [3.8, 4) is 11.5 Å². The van der Waals surface area contributed by atoms with E-state index in [0.717, 1.165) is 0 Å². The first-order valence-corrected chi connectivity index (χ1v) is 5.85. The van der Waals surface area contributed by atoms with Gasteiger partial charge in [-0.05, 0) is 24.3 Å². The molecule has 0 fully saturated rings. The lowest BCUT2D eigenvalue weighted by Gasteiger charge is -2.12. The van der Waals surface area contributed by atoms with E-state index in [9.17, 15) is 26.7 Å². The largest absolute Gasteiger partial charge is 0.451 e. The van der Waals surface area contributed by atoms with Crippen molar-refractivity contribution >= 4 is 12.1 Å². The maximum atomic E-state index is 13.6. The summed E-state index contributed by atoms with van der Waals surface area (Å²) in [7, 11) is 0. The Bertz CT molecular complexity index is 677. The van der Waals surface area contributed by atoms with Crippen molar-refractivity contribution in [2.24, 2.45) is 0 Å². The third-order valence-electron chi connectivity index (χ3n) is 2.61. The first kappa shape index (κ1) is 15.7. The van der Waals surface area contributed by atoms with Crippen molar-refractivity contribution in [1.29, 1.82) is 0 Å². The highest BCUT2D eigenvalue weighted by Gasteiger charge is 2.33. The third kappa shape index (κ3) is 3.51. The van der Waals surface area contributed by atoms with Crippen LogP contribution in [0, 0.1) is 11.6 Å². The fourth-order valence-electron chi connectivity index (χ4n) is 1.66. The zero-order chi connectivity index (χ0) is 16.3. The minimum Gasteiger partial charge on any atom is -0.451 e. The average Bonchev–Trinajstić information content (AvgIpc) is 2.42. The summed E-state index contributed by atoms with van der Waals surface area (Å²) in [6.45, 7) is 0. The fourth-order valence-corrected chi connectivity index (χ4v) is 1.66. The van der Waals surface area contributed by atoms with Gasteiger partial charge >= 0.3 is 6.18 Å². The van der Waals surface area contributed by atoms with E-state index in [4.69, 9.17) is 4.74 Å². The number of benzene rings is 2. The molecule has 0 spiro atoms. The normalized spacial score (nSPS) is 11.1. The van der Waals surface area contributed by atoms with Crippen LogP contribution in [-0.4, -0.2) is 6.41 Å². The molecule has 116 valence electrons. The molecule has 2 aromatic carbocycles. The summed E-state index contributed by atoms with van der Waals surface area (Å²) >= 11 is 0. The Kier molecular flexibility index (Phi) is 4.30. The van der Waals surface area contributed by atoms with Gasteiger partial charge < -0.3 is 10.1 Å². The zero-order valence-electron chi connectivity index (χ0n) is 10.7. The Labute approximate surface area is 121 Å². The molecule has 8 heteroatoms. The topological polar surface area (TPSA) is 38.3 Å². The van der Waals surface area contributed by atoms with E-state index in [1.165, 1.54) is 24.3 Å². The number of carbonyl (C=O) groups excluding carboxylic acids is 1. The number of hydrogen-bond donors (Lipinski definition) is 1. The maximum absolute atomic E-state index is 13.6. The SMILES string of the molecule is O=CNc1cccc(Oc2c(F)cc(C(F)(F)F)cc2F)c1. The van der Waals surface area contributed by atoms with Crippen LogP contribution in [-0.2, 0) is 11.0 Å². The average molecular weight is 317 g/mol. The Balaban J connectivity index is 2.34. The number of nitrogens with one attached hydrogen (secondary N) is 1. The van der Waals surface area contributed by atoms with Gasteiger partial charge in [-0.15, -0.1) is 0 Å². The van der Waals surface area contributed by atoms with E-state index in [1.807, 2.05) is 0 Å². The number of anilines is 1. The summed E-state index contributed by atoms with van der Waals surface area (Å²) in [6, 6.07) is 5.79. The number of rotatable bonds is 4. The smallest absolute Gasteiger partial charge is 0.416 e. The first-order chi connectivity index (χ1) is 10.3. The van der Waals surface area contributed by atoms with Gasteiger partial charge in [0.15, 0.2) is 17.4 Å². The molecule has 3 nitrogen and oxygen atoms in total. The highest BCUT2D eigenvalue weighted by atomic mass is 19.4. The number of halogens is 5. The van der Waals surface area contributed by atoms with Crippen molar-refractivity contribution in [2.75, 3.05) is 5.32 Å². The second-order valence-corrected chi connectivity index (χ2v) is 4.16. The molecule has 2 aromatic rings. The van der Waals surface area contributed by atoms with Crippen molar-refractivity contribution in [3.63, 3.8) is 0 Å². The quantitative estimate of drug-likeness (QED) is 0.673. The second kappa shape index (κ2) is 6.00. The second-order valence-electron chi connectivity index (χ2n) is 4.16. The monoisotopic (exact) mass is 317 g/mol. The van der Waals surface area contributed by atoms with E-state index in [2.05, 4.69) is 5.32 Å². The summed E-state index contributed by atoms with van der Waals surface area (Å²) in [6.07, 6.45) is -4.48. The minimum absolute atomic E-state index is 0.0515. The van der Waals surface area contributed by atoms with Gasteiger partial charge in [-0.3, -0.25) is 4.79 Å². The van der Waals surface area contributed by atoms with Crippen LogP contribution in [0.15, 0.2) is 36.4 Å². The molecule has 1 N–H and O–H groups in total. The number of alkyl halides is 3. The highest BCUT2D eigenvalue weighted by Crippen LogP contribution is 2.35. The molecule has 0 radical (unpaired) electrons. The van der Waals surface area contributed by atoms with Crippen LogP contribution < -0.4 is 10.1 Å². The van der Waals surface area contributed by atoms with Crippen molar-refractivity contribution in [2.45, 2.75) is 6.18 Å². The van der Waals surface area contributed by atoms with Gasteiger partial charge in [0, 0.05) is 11.8 Å². The van der Waals surface area contributed by atoms with Crippen LogP contribution >= 0.6 is 0 Å². The van der Waals surface area contributed by atoms with E-state index in [0.29, 0.717) is 12.1 Å². The van der Waals surface area contributed by atoms with Crippen LogP contribution in [0.1, 0.15) is 5.56 Å². The third-order valence-corrected chi connectivity index (χ3v) is 2.61. The summed E-state index contributed by atoms with van der Waals surface area (Å²) in [5.74, 6) is -3.98. The molecule has 0 saturated carbocycles. The van der Waals surface area contributed by atoms with E-state index >= 15 is 0 Å². The van der Waals surface area contributed by atoms with E-state index in [1.54, 1.807) is 0 Å². The molecule has 0 aliphatic carbocycles. The van der Waals surface area contributed by atoms with Crippen LogP contribution in [0.25, 0.3) is 0 Å². The van der Waals surface area contributed by atoms with Gasteiger partial charge in [0.1, 0.15) is 5.75 Å². The van der Waals surface area contributed by atoms with Crippen molar-refractivity contribution < 1.29 is 31.5 Å². The summed E-state index contributed by atoms with van der Waals surface area (Å²) in [5.41, 5.74) is -1.16. The number of ether oxygens (including phenoxy) is 1. The lowest BCUT2D eigenvalue weighted by atomic mass is 10.2. The van der Waals surface area contributed by atoms with Gasteiger partial charge in [-0.1, -0.05) is 6.07 Å². The molecule has 2 rings (SSSR count). The van der Waals surface area contributed by atoms with Gasteiger partial charge in [0.2, 0.25) is 6.41 Å². The van der Waals surface area contributed by atoms with Crippen LogP contribution in [0.2, 0.25) is 0 Å². The summed E-state index contributed by atoms with van der Waals surface area (Å²) < 4.78 is 69.5. The lowest BCUT2D eigenvalue weighted by molar-refractivity contribution is -0.138. The Hall–Kier alpha value is -2.64. The predicted molar refractivity (Wildman–Crippen MR) is 67.6 cm³/mol. The zero-order valence-corrected chi connectivity index (χ0v) is 10.7. The maximum Gasteiger partial charge on any atom is 0.416 e. The molecule has 0 bridgehead atoms. The number of hydrogen-bond acceptors (Lipinski definition) is 2. The fraction of sp³-hybridized carbons (Fsp3) is 0.0714. The Morgan fingerprint density at radius 1 is 1.05 bits per heavy atom. The van der Waals surface area contributed by atoms with Crippen LogP contribution in [0.3, 0.4) is 0 Å². The van der Waals surface area contributed by atoms with Gasteiger partial charge in [0.05, 0.1) is 5.56 Å². The van der Waals surface area contributed by atoms with Crippen molar-refractivity contribution in [1.82, 2.24) is 0 Å². The molecule has 0 aromatic heterocycles. The number of amides is 1. The predicted octanol–water partition coefficient (Wildman–Crippen LogP) is 4.34. The van der Waals surface area contributed by atoms with Crippen LogP contribution in [0.4, 0.5) is 27.6 Å². The lowest BCUT2D eigenvalue weighted by Crippen LogP contribution is -2.07. The Morgan fingerprint density at radius 2 is 1.68 bits per heavy atom. The molecule has 0 saturated heterocycles. The molecule has 1 amide bonds. The standard InChI is InChI=1S/C14H8F5NO2/c15-11-4-8(14(17,18)19)5-12(16)13(11)22-10-3-1-2-9(6-10)20-7-21/h1-7H,(H,20,21). The molecule has 0 atom stereocenters. The summed E-state index contributed by atoms with van der Waals surface area (Å²) in [4.78, 5) is 10.3. The van der Waals surface area contributed by atoms with E-state index in [-0.39, 0.29) is 17.9 Å². The van der Waals surface area contributed by atoms with Gasteiger partial charge in [0.25, 0.3) is 0 Å². The van der Waals surface area contributed by atoms with Crippen LogP contribution in [0.5, 0.6) is 11.5 Å². The molecular formula is C14H8F5NO2. The highest BCUT2D eigenvalue weighted by molar-refractivity contribution is 5.71. The molecule has 0 aliphatic heterocycles. The number of carbonyl (C=O) groups is 1. The minimum atomic E-state index is -4.87. The van der Waals surface area contributed by atoms with E-state index < -0.39 is 29.1 Å². The molecule has 0 aliphatic rings. The van der Waals surface area contributed by atoms with Gasteiger partial charge in [-0.25, -0.2) is 8.78 Å². The molecule has 0 unspecified atom stereocenters. The molecular weight excluding hydrogens is 309 g/mol. The molecule has 22 heavy (non-hydrogen) atoms. The molecule has 0 heterocycles. The van der Waals surface area contributed by atoms with Crippen molar-refractivity contribution in [3.05, 3.63) is 53.6 Å². The Morgan fingerprint density at radius 3 is 2.23 bits per heavy atom. The summed E-state index contributed by atoms with van der Waals surface area (Å²) in [5, 5.41) is 2.30. The van der Waals surface area contributed by atoms with Gasteiger partial charge in [-0.2, -0.15) is 13.2 Å². The first-order valence-electron chi connectivity index (χ1n) is 5.85.